The predicted molar refractivity (Wildman–Crippen MR) is 120 cm³/mol. The fourth-order valence-corrected chi connectivity index (χ4v) is 4.49. The Balaban J connectivity index is 1.42. The first-order valence-electron chi connectivity index (χ1n) is 10.3. The van der Waals surface area contributed by atoms with Gasteiger partial charge in [-0.15, -0.1) is 10.2 Å². The summed E-state index contributed by atoms with van der Waals surface area (Å²) >= 11 is 1.39. The average Bonchev–Trinajstić information content (AvgIpc) is 2.79. The minimum Gasteiger partial charge on any atom is -0.355 e. The first-order valence-corrected chi connectivity index (χ1v) is 11.3. The molecular weight excluding hydrogens is 397 g/mol. The third-order valence-electron chi connectivity index (χ3n) is 5.26. The van der Waals surface area contributed by atoms with Crippen molar-refractivity contribution in [3.63, 3.8) is 0 Å². The Hall–Kier alpha value is -2.73. The lowest BCUT2D eigenvalue weighted by Gasteiger charge is -2.13. The normalized spacial score (nSPS) is 13.8. The molecule has 1 aliphatic carbocycles. The molecule has 6 heteroatoms. The number of rotatable bonds is 7. The summed E-state index contributed by atoms with van der Waals surface area (Å²) in [5.74, 6) is 0.0204. The van der Waals surface area contributed by atoms with Crippen molar-refractivity contribution in [2.24, 2.45) is 0 Å². The number of fused-ring (bicyclic) bond motifs is 1. The second kappa shape index (κ2) is 9.85. The third-order valence-corrected chi connectivity index (χ3v) is 6.25. The average molecular weight is 422 g/mol. The number of allylic oxidation sites excluding steroid dienone is 1. The van der Waals surface area contributed by atoms with Crippen LogP contribution in [0.25, 0.3) is 22.0 Å². The maximum absolute atomic E-state index is 13.3. The highest BCUT2D eigenvalue weighted by Gasteiger charge is 2.13. The lowest BCUT2D eigenvalue weighted by Crippen LogP contribution is -2.26. The summed E-state index contributed by atoms with van der Waals surface area (Å²) in [4.78, 5) is 12.3. The Labute approximate surface area is 180 Å². The Kier molecular flexibility index (Phi) is 6.74. The Morgan fingerprint density at radius 2 is 1.83 bits per heavy atom. The monoisotopic (exact) mass is 421 g/mol. The summed E-state index contributed by atoms with van der Waals surface area (Å²) in [6, 6.07) is 14.1. The van der Waals surface area contributed by atoms with Gasteiger partial charge in [0.25, 0.3) is 0 Å². The van der Waals surface area contributed by atoms with Gasteiger partial charge in [-0.3, -0.25) is 4.79 Å². The number of halogens is 1. The number of carbonyl (C=O) groups is 1. The maximum atomic E-state index is 13.3. The summed E-state index contributed by atoms with van der Waals surface area (Å²) in [6.07, 6.45) is 8.11. The molecule has 4 rings (SSSR count). The van der Waals surface area contributed by atoms with E-state index in [-0.39, 0.29) is 11.7 Å². The lowest BCUT2D eigenvalue weighted by molar-refractivity contribution is -0.118. The van der Waals surface area contributed by atoms with Crippen LogP contribution in [0.1, 0.15) is 32.1 Å². The third kappa shape index (κ3) is 5.05. The van der Waals surface area contributed by atoms with Gasteiger partial charge in [0.05, 0.1) is 5.75 Å². The molecule has 4 nitrogen and oxygen atoms in total. The van der Waals surface area contributed by atoms with Gasteiger partial charge in [-0.1, -0.05) is 47.7 Å². The Morgan fingerprint density at radius 1 is 1.03 bits per heavy atom. The van der Waals surface area contributed by atoms with Crippen molar-refractivity contribution >= 4 is 28.4 Å². The van der Waals surface area contributed by atoms with E-state index in [4.69, 9.17) is 0 Å². The van der Waals surface area contributed by atoms with E-state index in [1.807, 2.05) is 24.3 Å². The van der Waals surface area contributed by atoms with Crippen LogP contribution in [0.4, 0.5) is 4.39 Å². The molecule has 1 aliphatic rings. The molecule has 1 aromatic heterocycles. The van der Waals surface area contributed by atoms with Crippen LogP contribution in [-0.2, 0) is 4.79 Å². The van der Waals surface area contributed by atoms with Crippen LogP contribution in [0.3, 0.4) is 0 Å². The van der Waals surface area contributed by atoms with Gasteiger partial charge in [0.15, 0.2) is 0 Å². The molecule has 154 valence electrons. The number of thioether (sulfide) groups is 1. The van der Waals surface area contributed by atoms with Crippen LogP contribution in [0.15, 0.2) is 65.2 Å². The van der Waals surface area contributed by atoms with Gasteiger partial charge >= 0.3 is 0 Å². The molecule has 0 saturated carbocycles. The zero-order chi connectivity index (χ0) is 20.8. The first kappa shape index (κ1) is 20.5. The highest BCUT2D eigenvalue weighted by Crippen LogP contribution is 2.31. The van der Waals surface area contributed by atoms with Crippen LogP contribution >= 0.6 is 11.8 Å². The van der Waals surface area contributed by atoms with Crippen LogP contribution in [-0.4, -0.2) is 28.4 Å². The lowest BCUT2D eigenvalue weighted by atomic mass is 9.97. The number of benzene rings is 2. The van der Waals surface area contributed by atoms with Crippen molar-refractivity contribution in [1.82, 2.24) is 15.5 Å². The molecule has 0 fully saturated rings. The van der Waals surface area contributed by atoms with Crippen molar-refractivity contribution in [3.8, 4) is 11.3 Å². The summed E-state index contributed by atoms with van der Waals surface area (Å²) in [5.41, 5.74) is 2.98. The molecule has 0 bridgehead atoms. The fraction of sp³-hybridized carbons (Fsp3) is 0.292. The van der Waals surface area contributed by atoms with E-state index < -0.39 is 0 Å². The minimum absolute atomic E-state index is 0.00454. The number of carbonyl (C=O) groups excluding carboxylic acids is 1. The number of nitrogens with zero attached hydrogens (tertiary/aromatic N) is 2. The topological polar surface area (TPSA) is 54.9 Å². The highest BCUT2D eigenvalue weighted by molar-refractivity contribution is 8.00. The fourth-order valence-electron chi connectivity index (χ4n) is 3.69. The molecule has 0 radical (unpaired) electrons. The molecular formula is C24H24FN3OS. The summed E-state index contributed by atoms with van der Waals surface area (Å²) in [7, 11) is 0. The van der Waals surface area contributed by atoms with Gasteiger partial charge in [0, 0.05) is 22.9 Å². The van der Waals surface area contributed by atoms with Crippen molar-refractivity contribution in [1.29, 1.82) is 0 Å². The summed E-state index contributed by atoms with van der Waals surface area (Å²) < 4.78 is 13.3. The maximum Gasteiger partial charge on any atom is 0.230 e. The van der Waals surface area contributed by atoms with Crippen LogP contribution in [0.5, 0.6) is 0 Å². The first-order chi connectivity index (χ1) is 14.7. The minimum atomic E-state index is -0.283. The molecule has 0 saturated heterocycles. The smallest absolute Gasteiger partial charge is 0.230 e. The Morgan fingerprint density at radius 3 is 2.60 bits per heavy atom. The van der Waals surface area contributed by atoms with E-state index in [0.717, 1.165) is 34.2 Å². The molecule has 30 heavy (non-hydrogen) atoms. The van der Waals surface area contributed by atoms with Gasteiger partial charge in [-0.05, 0) is 56.4 Å². The zero-order valence-corrected chi connectivity index (χ0v) is 17.6. The van der Waals surface area contributed by atoms with E-state index in [1.165, 1.54) is 48.7 Å². The molecule has 1 heterocycles. The molecule has 1 N–H and O–H groups in total. The van der Waals surface area contributed by atoms with E-state index in [2.05, 4.69) is 21.6 Å². The molecule has 0 atom stereocenters. The van der Waals surface area contributed by atoms with Crippen molar-refractivity contribution < 1.29 is 9.18 Å². The van der Waals surface area contributed by atoms with Crippen LogP contribution in [0.2, 0.25) is 0 Å². The predicted octanol–water partition coefficient (Wildman–Crippen LogP) is 5.53. The van der Waals surface area contributed by atoms with Gasteiger partial charge in [0.2, 0.25) is 5.91 Å². The molecule has 0 unspecified atom stereocenters. The molecule has 2 aromatic carbocycles. The SMILES string of the molecule is O=C(CSc1nnc(-c2ccc(F)cc2)c2ccccc12)NCCC1=CCCCC1. The quantitative estimate of drug-likeness (QED) is 0.402. The molecule has 1 amide bonds. The largest absolute Gasteiger partial charge is 0.355 e. The number of amides is 1. The standard InChI is InChI=1S/C24H24FN3OS/c25-19-12-10-18(11-13-19)23-20-8-4-5-9-21(20)24(28-27-23)30-16-22(29)26-15-14-17-6-2-1-3-7-17/h4-6,8-13H,1-3,7,14-16H2,(H,26,29). The van der Waals surface area contributed by atoms with E-state index >= 15 is 0 Å². The second-order valence-electron chi connectivity index (χ2n) is 7.40. The van der Waals surface area contributed by atoms with E-state index in [0.29, 0.717) is 18.0 Å². The second-order valence-corrected chi connectivity index (χ2v) is 8.37. The van der Waals surface area contributed by atoms with E-state index in [1.54, 1.807) is 12.1 Å². The number of aromatic nitrogens is 2. The van der Waals surface area contributed by atoms with Gasteiger partial charge in [-0.25, -0.2) is 4.39 Å². The summed E-state index contributed by atoms with van der Waals surface area (Å²) in [5, 5.41) is 14.3. The van der Waals surface area contributed by atoms with E-state index in [9.17, 15) is 9.18 Å². The molecule has 3 aromatic rings. The molecule has 0 aliphatic heterocycles. The van der Waals surface area contributed by atoms with Gasteiger partial charge < -0.3 is 5.32 Å². The number of nitrogens with one attached hydrogen (secondary N) is 1. The number of hydrogen-bond donors (Lipinski definition) is 1. The van der Waals surface area contributed by atoms with Gasteiger partial charge in [0.1, 0.15) is 16.5 Å². The Bertz CT molecular complexity index is 1070. The van der Waals surface area contributed by atoms with Crippen molar-refractivity contribution in [3.05, 3.63) is 66.0 Å². The molecule has 0 spiro atoms. The van der Waals surface area contributed by atoms with Gasteiger partial charge in [-0.2, -0.15) is 0 Å². The van der Waals surface area contributed by atoms with Crippen LogP contribution in [0, 0.1) is 5.82 Å². The summed E-state index contributed by atoms with van der Waals surface area (Å²) in [6.45, 7) is 0.682. The highest BCUT2D eigenvalue weighted by atomic mass is 32.2. The van der Waals surface area contributed by atoms with Crippen molar-refractivity contribution in [2.45, 2.75) is 37.1 Å². The number of hydrogen-bond acceptors (Lipinski definition) is 4. The van der Waals surface area contributed by atoms with Crippen molar-refractivity contribution in [2.75, 3.05) is 12.3 Å². The van der Waals surface area contributed by atoms with Crippen LogP contribution < -0.4 is 5.32 Å². The zero-order valence-electron chi connectivity index (χ0n) is 16.7.